The highest BCUT2D eigenvalue weighted by atomic mass is 35.5. The molecule has 2 aromatic rings. The molecule has 3 N–H and O–H groups in total. The molecule has 0 spiro atoms. The molecule has 0 unspecified atom stereocenters. The van der Waals surface area contributed by atoms with E-state index in [1.807, 2.05) is 12.1 Å². The molecule has 1 fully saturated rings. The fourth-order valence-corrected chi connectivity index (χ4v) is 2.64. The van der Waals surface area contributed by atoms with Gasteiger partial charge in [-0.1, -0.05) is 17.7 Å². The quantitative estimate of drug-likeness (QED) is 0.857. The Labute approximate surface area is 106 Å². The molecule has 1 aliphatic rings. The van der Waals surface area contributed by atoms with Gasteiger partial charge in [0.1, 0.15) is 0 Å². The average Bonchev–Trinajstić information content (AvgIpc) is 2.91. The minimum absolute atomic E-state index is 0.127. The van der Waals surface area contributed by atoms with E-state index in [2.05, 4.69) is 18.0 Å². The maximum absolute atomic E-state index is 6.15. The van der Waals surface area contributed by atoms with Crippen molar-refractivity contribution in [3.63, 3.8) is 0 Å². The molecule has 1 aromatic heterocycles. The Morgan fingerprint density at radius 2 is 2.18 bits per heavy atom. The second-order valence-corrected chi connectivity index (χ2v) is 5.72. The van der Waals surface area contributed by atoms with Crippen molar-refractivity contribution in [3.8, 4) is 0 Å². The van der Waals surface area contributed by atoms with Crippen LogP contribution in [-0.4, -0.2) is 10.5 Å². The van der Waals surface area contributed by atoms with Crippen LogP contribution < -0.4 is 5.73 Å². The van der Waals surface area contributed by atoms with Gasteiger partial charge in [-0.25, -0.2) is 0 Å². The first-order valence-corrected chi connectivity index (χ1v) is 6.51. The highest BCUT2D eigenvalue weighted by molar-refractivity contribution is 6.31. The Morgan fingerprint density at radius 1 is 1.41 bits per heavy atom. The average molecular weight is 249 g/mol. The molecule has 0 bridgehead atoms. The SMILES string of the molecule is Cc1[nH]c2cc(Cl)ccc2c1CCC1(N)CC1. The summed E-state index contributed by atoms with van der Waals surface area (Å²) in [6, 6.07) is 6.05. The number of aromatic nitrogens is 1. The van der Waals surface area contributed by atoms with E-state index in [4.69, 9.17) is 17.3 Å². The van der Waals surface area contributed by atoms with E-state index >= 15 is 0 Å². The van der Waals surface area contributed by atoms with E-state index in [9.17, 15) is 0 Å². The molecule has 1 aliphatic carbocycles. The van der Waals surface area contributed by atoms with Gasteiger partial charge in [0, 0.05) is 27.2 Å². The van der Waals surface area contributed by atoms with Gasteiger partial charge in [-0.05, 0) is 50.3 Å². The summed E-state index contributed by atoms with van der Waals surface area (Å²) < 4.78 is 0. The molecule has 1 aromatic carbocycles. The monoisotopic (exact) mass is 248 g/mol. The number of rotatable bonds is 3. The molecule has 3 rings (SSSR count). The number of H-pyrrole nitrogens is 1. The summed E-state index contributed by atoms with van der Waals surface area (Å²) in [5.41, 5.74) is 10.0. The van der Waals surface area contributed by atoms with Gasteiger partial charge < -0.3 is 10.7 Å². The van der Waals surface area contributed by atoms with Crippen LogP contribution in [-0.2, 0) is 6.42 Å². The first kappa shape index (κ1) is 11.1. The minimum atomic E-state index is 0.127. The van der Waals surface area contributed by atoms with Crippen LogP contribution in [0.2, 0.25) is 5.02 Å². The van der Waals surface area contributed by atoms with Crippen molar-refractivity contribution < 1.29 is 0 Å². The van der Waals surface area contributed by atoms with Crippen LogP contribution in [0.15, 0.2) is 18.2 Å². The number of benzene rings is 1. The zero-order valence-electron chi connectivity index (χ0n) is 10.0. The Balaban J connectivity index is 1.94. The number of aromatic amines is 1. The van der Waals surface area contributed by atoms with Gasteiger partial charge in [0.05, 0.1) is 0 Å². The molecule has 0 amide bonds. The molecule has 2 nitrogen and oxygen atoms in total. The van der Waals surface area contributed by atoms with Crippen molar-refractivity contribution in [1.29, 1.82) is 0 Å². The van der Waals surface area contributed by atoms with Crippen molar-refractivity contribution >= 4 is 22.5 Å². The number of hydrogen-bond donors (Lipinski definition) is 2. The normalized spacial score (nSPS) is 17.6. The van der Waals surface area contributed by atoms with Crippen LogP contribution in [0.25, 0.3) is 10.9 Å². The predicted octanol–water partition coefficient (Wildman–Crippen LogP) is 3.55. The third kappa shape index (κ3) is 2.07. The molecule has 0 radical (unpaired) electrons. The summed E-state index contributed by atoms with van der Waals surface area (Å²) in [5, 5.41) is 2.07. The smallest absolute Gasteiger partial charge is 0.0473 e. The van der Waals surface area contributed by atoms with E-state index < -0.39 is 0 Å². The molecule has 90 valence electrons. The summed E-state index contributed by atoms with van der Waals surface area (Å²) in [5.74, 6) is 0. The van der Waals surface area contributed by atoms with Gasteiger partial charge in [0.25, 0.3) is 0 Å². The Hall–Kier alpha value is -0.990. The van der Waals surface area contributed by atoms with Crippen LogP contribution in [0, 0.1) is 6.92 Å². The highest BCUT2D eigenvalue weighted by Crippen LogP contribution is 2.37. The largest absolute Gasteiger partial charge is 0.358 e. The van der Waals surface area contributed by atoms with Crippen molar-refractivity contribution in [2.75, 3.05) is 0 Å². The van der Waals surface area contributed by atoms with E-state index in [1.54, 1.807) is 0 Å². The highest BCUT2D eigenvalue weighted by Gasteiger charge is 2.37. The lowest BCUT2D eigenvalue weighted by Gasteiger charge is -2.08. The van der Waals surface area contributed by atoms with Crippen molar-refractivity contribution in [3.05, 3.63) is 34.5 Å². The van der Waals surface area contributed by atoms with E-state index in [0.29, 0.717) is 0 Å². The molecule has 0 aliphatic heterocycles. The van der Waals surface area contributed by atoms with Gasteiger partial charge in [0.15, 0.2) is 0 Å². The Morgan fingerprint density at radius 3 is 2.88 bits per heavy atom. The van der Waals surface area contributed by atoms with Crippen LogP contribution in [0.5, 0.6) is 0 Å². The van der Waals surface area contributed by atoms with E-state index in [1.165, 1.54) is 29.5 Å². The molecule has 1 heterocycles. The number of hydrogen-bond acceptors (Lipinski definition) is 1. The number of nitrogens with one attached hydrogen (secondary N) is 1. The third-order valence-corrected chi connectivity index (χ3v) is 4.08. The molecule has 0 saturated heterocycles. The molecule has 17 heavy (non-hydrogen) atoms. The van der Waals surface area contributed by atoms with Gasteiger partial charge in [0.2, 0.25) is 0 Å². The van der Waals surface area contributed by atoms with Gasteiger partial charge in [-0.2, -0.15) is 0 Å². The van der Waals surface area contributed by atoms with Crippen molar-refractivity contribution in [1.82, 2.24) is 4.98 Å². The van der Waals surface area contributed by atoms with Crippen molar-refractivity contribution in [2.45, 2.75) is 38.1 Å². The van der Waals surface area contributed by atoms with Gasteiger partial charge in [-0.3, -0.25) is 0 Å². The van der Waals surface area contributed by atoms with Crippen LogP contribution in [0.1, 0.15) is 30.5 Å². The van der Waals surface area contributed by atoms with E-state index in [0.717, 1.165) is 23.4 Å². The summed E-state index contributed by atoms with van der Waals surface area (Å²) in [6.07, 6.45) is 4.51. The summed E-state index contributed by atoms with van der Waals surface area (Å²) in [4.78, 5) is 3.40. The lowest BCUT2D eigenvalue weighted by molar-refractivity contribution is 0.609. The fourth-order valence-electron chi connectivity index (χ4n) is 2.47. The lowest BCUT2D eigenvalue weighted by Crippen LogP contribution is -2.22. The number of halogens is 1. The van der Waals surface area contributed by atoms with Gasteiger partial charge in [-0.15, -0.1) is 0 Å². The Bertz CT molecular complexity index is 567. The summed E-state index contributed by atoms with van der Waals surface area (Å²) >= 11 is 6.00. The number of fused-ring (bicyclic) bond motifs is 1. The maximum atomic E-state index is 6.15. The minimum Gasteiger partial charge on any atom is -0.358 e. The van der Waals surface area contributed by atoms with Crippen molar-refractivity contribution in [2.24, 2.45) is 5.73 Å². The van der Waals surface area contributed by atoms with Crippen LogP contribution in [0.4, 0.5) is 0 Å². The molecule has 1 saturated carbocycles. The molecular formula is C14H17ClN2. The van der Waals surface area contributed by atoms with Gasteiger partial charge >= 0.3 is 0 Å². The van der Waals surface area contributed by atoms with Crippen LogP contribution >= 0.6 is 11.6 Å². The molecule has 0 atom stereocenters. The fraction of sp³-hybridized carbons (Fsp3) is 0.429. The first-order chi connectivity index (χ1) is 8.07. The van der Waals surface area contributed by atoms with Crippen LogP contribution in [0.3, 0.4) is 0 Å². The Kier molecular flexibility index (Phi) is 2.46. The number of nitrogens with two attached hydrogens (primary N) is 1. The standard InChI is InChI=1S/C14H17ClN2/c1-9-11(4-5-14(16)6-7-14)12-3-2-10(15)8-13(12)17-9/h2-3,8,17H,4-7,16H2,1H3. The predicted molar refractivity (Wildman–Crippen MR) is 72.5 cm³/mol. The number of aryl methyl sites for hydroxylation is 2. The maximum Gasteiger partial charge on any atom is 0.0473 e. The molecule has 3 heteroatoms. The second-order valence-electron chi connectivity index (χ2n) is 5.28. The zero-order chi connectivity index (χ0) is 12.0. The molecular weight excluding hydrogens is 232 g/mol. The topological polar surface area (TPSA) is 41.8 Å². The third-order valence-electron chi connectivity index (χ3n) is 3.85. The first-order valence-electron chi connectivity index (χ1n) is 6.13. The zero-order valence-corrected chi connectivity index (χ0v) is 10.8. The van der Waals surface area contributed by atoms with E-state index in [-0.39, 0.29) is 5.54 Å². The lowest BCUT2D eigenvalue weighted by atomic mass is 10.0. The second kappa shape index (κ2) is 3.76. The summed E-state index contributed by atoms with van der Waals surface area (Å²) in [7, 11) is 0. The summed E-state index contributed by atoms with van der Waals surface area (Å²) in [6.45, 7) is 2.12.